The fourth-order valence-electron chi connectivity index (χ4n) is 1.98. The van der Waals surface area contributed by atoms with Crippen LogP contribution in [0.5, 0.6) is 0 Å². The molecule has 1 atom stereocenters. The number of hydrogen-bond acceptors (Lipinski definition) is 3. The number of anilines is 1. The second-order valence-electron chi connectivity index (χ2n) is 4.29. The van der Waals surface area contributed by atoms with Gasteiger partial charge in [-0.2, -0.15) is 0 Å². The number of carbonyl (C=O) groups is 2. The number of nitrogens with zero attached hydrogens (tertiary/aromatic N) is 1. The first kappa shape index (κ1) is 13.2. The third kappa shape index (κ3) is 2.49. The highest BCUT2D eigenvalue weighted by Gasteiger charge is 2.37. The molecule has 0 saturated carbocycles. The highest BCUT2D eigenvalue weighted by Crippen LogP contribution is 2.29. The molecule has 0 bridgehead atoms. The molecule has 1 heterocycles. The maximum atomic E-state index is 13.2. The van der Waals surface area contributed by atoms with E-state index >= 15 is 0 Å². The molecule has 0 aliphatic carbocycles. The summed E-state index contributed by atoms with van der Waals surface area (Å²) in [5.41, 5.74) is 0.478. The minimum absolute atomic E-state index is 0.142. The molecule has 19 heavy (non-hydrogen) atoms. The Morgan fingerprint density at radius 1 is 1.47 bits per heavy atom. The van der Waals surface area contributed by atoms with Crippen molar-refractivity contribution in [3.8, 4) is 11.8 Å². The van der Waals surface area contributed by atoms with E-state index in [9.17, 15) is 14.0 Å². The van der Waals surface area contributed by atoms with Crippen LogP contribution in [-0.4, -0.2) is 23.5 Å². The minimum Gasteiger partial charge on any atom is -0.384 e. The van der Waals surface area contributed by atoms with Crippen LogP contribution in [0.15, 0.2) is 18.2 Å². The van der Waals surface area contributed by atoms with Gasteiger partial charge in [-0.15, -0.1) is 0 Å². The predicted octanol–water partition coefficient (Wildman–Crippen LogP) is 1.07. The van der Waals surface area contributed by atoms with Crippen LogP contribution in [0.25, 0.3) is 0 Å². The fourth-order valence-corrected chi connectivity index (χ4v) is 1.98. The fraction of sp³-hybridized carbons (Fsp3) is 0.286. The number of halogens is 1. The molecule has 0 spiro atoms. The lowest BCUT2D eigenvalue weighted by atomic mass is 10.1. The maximum Gasteiger partial charge on any atom is 0.237 e. The van der Waals surface area contributed by atoms with Crippen molar-refractivity contribution in [3.63, 3.8) is 0 Å². The van der Waals surface area contributed by atoms with Gasteiger partial charge in [-0.25, -0.2) is 9.29 Å². The van der Waals surface area contributed by atoms with Gasteiger partial charge in [0.2, 0.25) is 11.8 Å². The summed E-state index contributed by atoms with van der Waals surface area (Å²) in [7, 11) is 0. The van der Waals surface area contributed by atoms with Gasteiger partial charge < -0.3 is 5.11 Å². The van der Waals surface area contributed by atoms with Gasteiger partial charge in [0.15, 0.2) is 0 Å². The average molecular weight is 261 g/mol. The molecule has 1 aromatic carbocycles. The van der Waals surface area contributed by atoms with E-state index in [1.54, 1.807) is 6.92 Å². The molecular weight excluding hydrogens is 249 g/mol. The highest BCUT2D eigenvalue weighted by molar-refractivity contribution is 6.21. The van der Waals surface area contributed by atoms with Crippen LogP contribution in [0.1, 0.15) is 18.9 Å². The van der Waals surface area contributed by atoms with E-state index in [1.165, 1.54) is 12.1 Å². The summed E-state index contributed by atoms with van der Waals surface area (Å²) in [5.74, 6) is 3.40. The van der Waals surface area contributed by atoms with Gasteiger partial charge in [-0.05, 0) is 18.2 Å². The second kappa shape index (κ2) is 5.21. The molecular formula is C14H12FNO3. The third-order valence-corrected chi connectivity index (χ3v) is 2.87. The lowest BCUT2D eigenvalue weighted by molar-refractivity contribution is -0.122. The number of amides is 2. The van der Waals surface area contributed by atoms with Gasteiger partial charge in [0.25, 0.3) is 0 Å². The Labute approximate surface area is 109 Å². The van der Waals surface area contributed by atoms with Gasteiger partial charge in [0.1, 0.15) is 12.4 Å². The molecule has 1 N–H and O–H groups in total. The molecule has 1 aliphatic rings. The Morgan fingerprint density at radius 2 is 2.21 bits per heavy atom. The van der Waals surface area contributed by atoms with Crippen LogP contribution >= 0.6 is 0 Å². The number of benzene rings is 1. The van der Waals surface area contributed by atoms with E-state index in [0.29, 0.717) is 0 Å². The molecule has 0 radical (unpaired) electrons. The lowest BCUT2D eigenvalue weighted by Gasteiger charge is -2.16. The Morgan fingerprint density at radius 3 is 2.79 bits per heavy atom. The van der Waals surface area contributed by atoms with Crippen molar-refractivity contribution in [3.05, 3.63) is 29.6 Å². The van der Waals surface area contributed by atoms with E-state index in [0.717, 1.165) is 11.0 Å². The summed E-state index contributed by atoms with van der Waals surface area (Å²) in [5, 5.41) is 8.68. The van der Waals surface area contributed by atoms with Gasteiger partial charge in [0, 0.05) is 12.3 Å². The molecule has 2 amide bonds. The summed E-state index contributed by atoms with van der Waals surface area (Å²) >= 11 is 0. The normalized spacial score (nSPS) is 18.5. The first-order valence-corrected chi connectivity index (χ1v) is 5.80. The van der Waals surface area contributed by atoms with Crippen molar-refractivity contribution in [1.29, 1.82) is 0 Å². The van der Waals surface area contributed by atoms with Crippen LogP contribution in [0.2, 0.25) is 0 Å². The second-order valence-corrected chi connectivity index (χ2v) is 4.29. The highest BCUT2D eigenvalue weighted by atomic mass is 19.1. The summed E-state index contributed by atoms with van der Waals surface area (Å²) in [6.07, 6.45) is 0.142. The van der Waals surface area contributed by atoms with E-state index in [4.69, 9.17) is 5.11 Å². The van der Waals surface area contributed by atoms with Crippen molar-refractivity contribution in [1.82, 2.24) is 0 Å². The number of aliphatic hydroxyl groups excluding tert-OH is 1. The van der Waals surface area contributed by atoms with E-state index < -0.39 is 5.82 Å². The topological polar surface area (TPSA) is 57.6 Å². The van der Waals surface area contributed by atoms with E-state index in [1.807, 2.05) is 0 Å². The zero-order chi connectivity index (χ0) is 14.0. The van der Waals surface area contributed by atoms with Crippen molar-refractivity contribution >= 4 is 17.5 Å². The van der Waals surface area contributed by atoms with Crippen molar-refractivity contribution in [2.45, 2.75) is 13.3 Å². The Kier molecular flexibility index (Phi) is 3.63. The van der Waals surface area contributed by atoms with Crippen LogP contribution < -0.4 is 4.90 Å². The molecule has 5 heteroatoms. The summed E-state index contributed by atoms with van der Waals surface area (Å²) in [4.78, 5) is 24.8. The molecule has 98 valence electrons. The Bertz CT molecular complexity index is 600. The molecule has 1 unspecified atom stereocenters. The third-order valence-electron chi connectivity index (χ3n) is 2.87. The van der Waals surface area contributed by atoms with Crippen molar-refractivity contribution < 1.29 is 19.1 Å². The zero-order valence-electron chi connectivity index (χ0n) is 10.3. The molecule has 1 aliphatic heterocycles. The number of imide groups is 1. The van der Waals surface area contributed by atoms with Crippen molar-refractivity contribution in [2.75, 3.05) is 11.5 Å². The quantitative estimate of drug-likeness (QED) is 0.607. The first-order chi connectivity index (χ1) is 9.04. The monoisotopic (exact) mass is 261 g/mol. The Hall–Kier alpha value is -2.19. The largest absolute Gasteiger partial charge is 0.384 e. The van der Waals surface area contributed by atoms with Crippen LogP contribution in [0, 0.1) is 23.6 Å². The Balaban J connectivity index is 2.50. The lowest BCUT2D eigenvalue weighted by Crippen LogP contribution is -2.30. The van der Waals surface area contributed by atoms with Gasteiger partial charge in [0.05, 0.1) is 11.3 Å². The number of hydrogen-bond donors (Lipinski definition) is 1. The number of aliphatic hydroxyl groups is 1. The first-order valence-electron chi connectivity index (χ1n) is 5.80. The molecule has 4 nitrogen and oxygen atoms in total. The minimum atomic E-state index is -0.516. The molecule has 1 aromatic rings. The number of rotatable bonds is 1. The molecule has 2 rings (SSSR count). The maximum absolute atomic E-state index is 13.2. The SMILES string of the molecule is CC1CC(=O)N(c2ccc(F)cc2C#CCO)C1=O. The summed E-state index contributed by atoms with van der Waals surface area (Å²) < 4.78 is 13.2. The van der Waals surface area contributed by atoms with E-state index in [-0.39, 0.29) is 42.0 Å². The van der Waals surface area contributed by atoms with Crippen LogP contribution in [0.4, 0.5) is 10.1 Å². The molecule has 1 fully saturated rings. The smallest absolute Gasteiger partial charge is 0.237 e. The van der Waals surface area contributed by atoms with Crippen LogP contribution in [0.3, 0.4) is 0 Å². The molecule has 0 aromatic heterocycles. The average Bonchev–Trinajstić information content (AvgIpc) is 2.62. The standard InChI is InChI=1S/C14H12FNO3/c1-9-7-13(18)16(14(9)19)12-5-4-11(15)8-10(12)3-2-6-17/h4-5,8-9,17H,6-7H2,1H3. The molecule has 1 saturated heterocycles. The van der Waals surface area contributed by atoms with Gasteiger partial charge in [-0.3, -0.25) is 9.59 Å². The number of carbonyl (C=O) groups excluding carboxylic acids is 2. The summed E-state index contributed by atoms with van der Waals surface area (Å²) in [6, 6.07) is 3.66. The zero-order valence-corrected chi connectivity index (χ0v) is 10.3. The van der Waals surface area contributed by atoms with Gasteiger partial charge >= 0.3 is 0 Å². The predicted molar refractivity (Wildman–Crippen MR) is 66.6 cm³/mol. The van der Waals surface area contributed by atoms with Gasteiger partial charge in [-0.1, -0.05) is 18.8 Å². The summed E-state index contributed by atoms with van der Waals surface area (Å²) in [6.45, 7) is 1.29. The van der Waals surface area contributed by atoms with E-state index in [2.05, 4.69) is 11.8 Å². The van der Waals surface area contributed by atoms with Crippen molar-refractivity contribution in [2.24, 2.45) is 5.92 Å². The van der Waals surface area contributed by atoms with Crippen LogP contribution in [-0.2, 0) is 9.59 Å².